The van der Waals surface area contributed by atoms with Crippen molar-refractivity contribution in [2.75, 3.05) is 0 Å². The lowest BCUT2D eigenvalue weighted by molar-refractivity contribution is 0.476. The fraction of sp³-hybridized carbons (Fsp3) is 0.259. The minimum Gasteiger partial charge on any atom is -0.508 e. The van der Waals surface area contributed by atoms with Crippen LogP contribution in [0.25, 0.3) is 38.5 Å². The number of hydrogen-bond acceptors (Lipinski definition) is 4. The van der Waals surface area contributed by atoms with E-state index in [0.717, 1.165) is 30.5 Å². The SMILES string of the molecule is C#Cc1c(F)ccc2cc(O)cc(-c3ncc4c(C5=CC6CCC(C5)N6)nn(CC)c4c3F)c12. The van der Waals surface area contributed by atoms with Gasteiger partial charge in [0, 0.05) is 41.2 Å². The van der Waals surface area contributed by atoms with Gasteiger partial charge in [0.1, 0.15) is 22.8 Å². The molecule has 2 unspecified atom stereocenters. The van der Waals surface area contributed by atoms with Gasteiger partial charge in [-0.1, -0.05) is 18.1 Å². The fourth-order valence-corrected chi connectivity index (χ4v) is 5.43. The average molecular weight is 456 g/mol. The van der Waals surface area contributed by atoms with Gasteiger partial charge in [0.2, 0.25) is 0 Å². The van der Waals surface area contributed by atoms with Crippen LogP contribution in [0.3, 0.4) is 0 Å². The molecule has 0 spiro atoms. The number of benzene rings is 2. The van der Waals surface area contributed by atoms with Crippen molar-refractivity contribution in [2.45, 2.75) is 44.8 Å². The highest BCUT2D eigenvalue weighted by Gasteiger charge is 2.31. The van der Waals surface area contributed by atoms with Gasteiger partial charge in [-0.05, 0) is 55.3 Å². The van der Waals surface area contributed by atoms with Gasteiger partial charge in [0.05, 0.1) is 11.3 Å². The molecule has 2 aromatic heterocycles. The first-order valence-electron chi connectivity index (χ1n) is 11.4. The van der Waals surface area contributed by atoms with Gasteiger partial charge in [0.15, 0.2) is 5.82 Å². The number of hydrogen-bond donors (Lipinski definition) is 2. The van der Waals surface area contributed by atoms with Crippen molar-refractivity contribution in [3.8, 4) is 29.4 Å². The number of terminal acetylenes is 1. The van der Waals surface area contributed by atoms with Gasteiger partial charge in [-0.25, -0.2) is 8.78 Å². The van der Waals surface area contributed by atoms with Gasteiger partial charge in [-0.2, -0.15) is 5.10 Å². The van der Waals surface area contributed by atoms with Crippen molar-refractivity contribution >= 4 is 27.2 Å². The Kier molecular flexibility index (Phi) is 4.68. The molecule has 0 radical (unpaired) electrons. The van der Waals surface area contributed by atoms with Crippen LogP contribution >= 0.6 is 0 Å². The molecule has 34 heavy (non-hydrogen) atoms. The number of aromatic hydroxyl groups is 1. The van der Waals surface area contributed by atoms with E-state index in [2.05, 4.69) is 22.3 Å². The second-order valence-electron chi connectivity index (χ2n) is 8.95. The average Bonchev–Trinajstić information content (AvgIpc) is 3.38. The standard InChI is InChI=1S/C27H22F2N4O/c1-3-19-22(28)8-5-14-11-18(34)12-20(23(14)19)26-24(29)27-21(13-30-26)25(32-33(27)4-2)15-9-16-6-7-17(10-15)31-16/h1,5,8-9,11-13,16-17,31,34H,4,6-7,10H2,2H3. The molecule has 170 valence electrons. The number of phenolic OH excluding ortho intramolecular Hbond substituents is 1. The summed E-state index contributed by atoms with van der Waals surface area (Å²) in [6.07, 6.45) is 12.5. The summed E-state index contributed by atoms with van der Waals surface area (Å²) < 4.78 is 32.3. The zero-order valence-electron chi connectivity index (χ0n) is 18.6. The Bertz CT molecular complexity index is 1560. The maximum absolute atomic E-state index is 16.2. The molecule has 2 aromatic carbocycles. The third-order valence-corrected chi connectivity index (χ3v) is 6.93. The minimum absolute atomic E-state index is 0.00369. The molecule has 7 heteroatoms. The Morgan fingerprint density at radius 3 is 2.85 bits per heavy atom. The van der Waals surface area contributed by atoms with Crippen LogP contribution in [0.15, 0.2) is 36.5 Å². The molecule has 0 aliphatic carbocycles. The van der Waals surface area contributed by atoms with Crippen LogP contribution in [-0.2, 0) is 6.54 Å². The van der Waals surface area contributed by atoms with Crippen LogP contribution < -0.4 is 5.32 Å². The fourth-order valence-electron chi connectivity index (χ4n) is 5.43. The Labute approximate surface area is 195 Å². The van der Waals surface area contributed by atoms with E-state index >= 15 is 4.39 Å². The number of nitrogens with zero attached hydrogens (tertiary/aromatic N) is 3. The minimum atomic E-state index is -0.586. The molecule has 0 amide bonds. The second-order valence-corrected chi connectivity index (χ2v) is 8.95. The molecule has 1 saturated heterocycles. The molecule has 2 aliphatic rings. The van der Waals surface area contributed by atoms with Crippen molar-refractivity contribution in [2.24, 2.45) is 0 Å². The molecule has 1 fully saturated rings. The molecule has 2 N–H and O–H groups in total. The highest BCUT2D eigenvalue weighted by molar-refractivity contribution is 6.03. The van der Waals surface area contributed by atoms with Crippen LogP contribution in [-0.4, -0.2) is 32.0 Å². The molecule has 0 saturated carbocycles. The van der Waals surface area contributed by atoms with Crippen LogP contribution in [0.2, 0.25) is 0 Å². The summed E-state index contributed by atoms with van der Waals surface area (Å²) in [4.78, 5) is 4.46. The van der Waals surface area contributed by atoms with Gasteiger partial charge >= 0.3 is 0 Å². The topological polar surface area (TPSA) is 63.0 Å². The van der Waals surface area contributed by atoms with Crippen molar-refractivity contribution in [3.05, 3.63) is 59.4 Å². The zero-order valence-corrected chi connectivity index (χ0v) is 18.6. The van der Waals surface area contributed by atoms with Crippen molar-refractivity contribution in [1.82, 2.24) is 20.1 Å². The molecule has 2 aliphatic heterocycles. The molecule has 6 rings (SSSR count). The summed E-state index contributed by atoms with van der Waals surface area (Å²) in [7, 11) is 0. The normalized spacial score (nSPS) is 19.5. The number of aryl methyl sites for hydroxylation is 1. The molecule has 5 nitrogen and oxygen atoms in total. The molecular formula is C27H22F2N4O. The number of fused-ring (bicyclic) bond motifs is 4. The van der Waals surface area contributed by atoms with Crippen molar-refractivity contribution in [1.29, 1.82) is 0 Å². The van der Waals surface area contributed by atoms with E-state index in [1.54, 1.807) is 10.9 Å². The summed E-state index contributed by atoms with van der Waals surface area (Å²) in [5, 5.41) is 20.1. The van der Waals surface area contributed by atoms with E-state index in [1.165, 1.54) is 24.3 Å². The van der Waals surface area contributed by atoms with E-state index in [1.807, 2.05) is 6.92 Å². The molecule has 2 atom stereocenters. The largest absolute Gasteiger partial charge is 0.508 e. The summed E-state index contributed by atoms with van der Waals surface area (Å²) >= 11 is 0. The lowest BCUT2D eigenvalue weighted by Crippen LogP contribution is -2.32. The van der Waals surface area contributed by atoms with E-state index in [9.17, 15) is 9.50 Å². The molecular weight excluding hydrogens is 434 g/mol. The quantitative estimate of drug-likeness (QED) is 0.419. The van der Waals surface area contributed by atoms with Crippen molar-refractivity contribution in [3.63, 3.8) is 0 Å². The van der Waals surface area contributed by atoms with Crippen LogP contribution in [0.4, 0.5) is 8.78 Å². The summed E-state index contributed by atoms with van der Waals surface area (Å²) in [6.45, 7) is 2.38. The second kappa shape index (κ2) is 7.64. The smallest absolute Gasteiger partial charge is 0.175 e. The number of phenols is 1. The number of pyridine rings is 1. The Balaban J connectivity index is 1.61. The maximum Gasteiger partial charge on any atom is 0.175 e. The molecule has 4 aromatic rings. The highest BCUT2D eigenvalue weighted by Crippen LogP contribution is 2.40. The number of rotatable bonds is 3. The monoisotopic (exact) mass is 456 g/mol. The van der Waals surface area contributed by atoms with E-state index in [-0.39, 0.29) is 22.6 Å². The maximum atomic E-state index is 16.2. The first kappa shape index (κ1) is 20.8. The van der Waals surface area contributed by atoms with E-state index in [4.69, 9.17) is 11.5 Å². The summed E-state index contributed by atoms with van der Waals surface area (Å²) in [5.74, 6) is 1.13. The third kappa shape index (κ3) is 3.02. The van der Waals surface area contributed by atoms with Gasteiger partial charge in [-0.15, -0.1) is 6.42 Å². The lowest BCUT2D eigenvalue weighted by Gasteiger charge is -2.20. The van der Waals surface area contributed by atoms with Gasteiger partial charge in [-0.3, -0.25) is 9.67 Å². The first-order chi connectivity index (χ1) is 16.5. The van der Waals surface area contributed by atoms with Gasteiger partial charge in [0.25, 0.3) is 0 Å². The Morgan fingerprint density at radius 1 is 1.24 bits per heavy atom. The first-order valence-corrected chi connectivity index (χ1v) is 11.4. The summed E-state index contributed by atoms with van der Waals surface area (Å²) in [5.41, 5.74) is 2.45. The van der Waals surface area contributed by atoms with Crippen LogP contribution in [0.5, 0.6) is 5.75 Å². The van der Waals surface area contributed by atoms with E-state index < -0.39 is 11.6 Å². The molecule has 2 bridgehead atoms. The van der Waals surface area contributed by atoms with Gasteiger partial charge < -0.3 is 10.4 Å². The van der Waals surface area contributed by atoms with Crippen molar-refractivity contribution < 1.29 is 13.9 Å². The third-order valence-electron chi connectivity index (χ3n) is 6.93. The number of halogens is 2. The summed E-state index contributed by atoms with van der Waals surface area (Å²) in [6, 6.07) is 6.34. The van der Waals surface area contributed by atoms with Crippen LogP contribution in [0.1, 0.15) is 37.4 Å². The van der Waals surface area contributed by atoms with Crippen LogP contribution in [0, 0.1) is 24.0 Å². The lowest BCUT2D eigenvalue weighted by atomic mass is 9.95. The highest BCUT2D eigenvalue weighted by atomic mass is 19.1. The Hall–Kier alpha value is -3.76. The Morgan fingerprint density at radius 2 is 2.09 bits per heavy atom. The number of aromatic nitrogens is 3. The zero-order chi connectivity index (χ0) is 23.6. The molecule has 4 heterocycles. The van der Waals surface area contributed by atoms with E-state index in [0.29, 0.717) is 40.3 Å². The number of nitrogens with one attached hydrogen (secondary N) is 1. The predicted molar refractivity (Wildman–Crippen MR) is 128 cm³/mol. The predicted octanol–water partition coefficient (Wildman–Crippen LogP) is 5.14.